The Kier molecular flexibility index (Phi) is 5.01. The minimum absolute atomic E-state index is 0.922. The van der Waals surface area contributed by atoms with Crippen LogP contribution in [0.4, 0.5) is 5.13 Å². The molecule has 1 aliphatic rings. The number of anilines is 1. The molecule has 18 heavy (non-hydrogen) atoms. The van der Waals surface area contributed by atoms with Crippen LogP contribution in [0.25, 0.3) is 0 Å². The van der Waals surface area contributed by atoms with E-state index in [0.717, 1.165) is 25.4 Å². The Morgan fingerprint density at radius 2 is 2.17 bits per heavy atom. The van der Waals surface area contributed by atoms with Crippen LogP contribution < -0.4 is 10.2 Å². The van der Waals surface area contributed by atoms with Crippen molar-refractivity contribution in [2.75, 3.05) is 25.0 Å². The van der Waals surface area contributed by atoms with Crippen molar-refractivity contribution in [2.24, 2.45) is 5.92 Å². The van der Waals surface area contributed by atoms with E-state index < -0.39 is 0 Å². The summed E-state index contributed by atoms with van der Waals surface area (Å²) in [6, 6.07) is 0. The monoisotopic (exact) mass is 267 g/mol. The lowest BCUT2D eigenvalue weighted by atomic mass is 10.3. The molecule has 1 aromatic heterocycles. The fourth-order valence-electron chi connectivity index (χ4n) is 2.09. The summed E-state index contributed by atoms with van der Waals surface area (Å²) in [5.41, 5.74) is 1.28. The molecule has 4 heteroatoms. The van der Waals surface area contributed by atoms with Gasteiger partial charge in [0.1, 0.15) is 0 Å². The van der Waals surface area contributed by atoms with E-state index in [2.05, 4.69) is 31.1 Å². The predicted molar refractivity (Wildman–Crippen MR) is 79.5 cm³/mol. The van der Waals surface area contributed by atoms with Gasteiger partial charge in [-0.15, -0.1) is 11.3 Å². The highest BCUT2D eigenvalue weighted by Crippen LogP contribution is 2.33. The molecule has 0 radical (unpaired) electrons. The van der Waals surface area contributed by atoms with E-state index >= 15 is 0 Å². The second kappa shape index (κ2) is 6.53. The molecule has 1 N–H and O–H groups in total. The van der Waals surface area contributed by atoms with E-state index in [1.54, 1.807) is 0 Å². The van der Waals surface area contributed by atoms with Gasteiger partial charge in [0, 0.05) is 25.0 Å². The molecule has 0 spiro atoms. The topological polar surface area (TPSA) is 28.2 Å². The van der Waals surface area contributed by atoms with Gasteiger partial charge in [-0.3, -0.25) is 0 Å². The third-order valence-electron chi connectivity index (χ3n) is 3.37. The summed E-state index contributed by atoms with van der Waals surface area (Å²) in [6.07, 6.45) is 5.04. The number of nitrogens with zero attached hydrogens (tertiary/aromatic N) is 2. The van der Waals surface area contributed by atoms with Crippen molar-refractivity contribution >= 4 is 16.5 Å². The van der Waals surface area contributed by atoms with Crippen molar-refractivity contribution in [2.45, 2.75) is 46.1 Å². The maximum atomic E-state index is 4.79. The lowest BCUT2D eigenvalue weighted by molar-refractivity contribution is 0.676. The molecule has 1 fully saturated rings. The zero-order valence-electron chi connectivity index (χ0n) is 11.8. The summed E-state index contributed by atoms with van der Waals surface area (Å²) < 4.78 is 0. The Morgan fingerprint density at radius 1 is 1.39 bits per heavy atom. The third kappa shape index (κ3) is 3.69. The molecule has 0 atom stereocenters. The van der Waals surface area contributed by atoms with E-state index in [1.807, 2.05) is 11.3 Å². The van der Waals surface area contributed by atoms with Crippen LogP contribution in [0.1, 0.15) is 43.7 Å². The van der Waals surface area contributed by atoms with Crippen LogP contribution in [0.5, 0.6) is 0 Å². The zero-order valence-corrected chi connectivity index (χ0v) is 12.6. The molecule has 0 amide bonds. The van der Waals surface area contributed by atoms with Crippen LogP contribution in [0.2, 0.25) is 0 Å². The molecule has 1 saturated carbocycles. The number of hydrogen-bond donors (Lipinski definition) is 1. The lowest BCUT2D eigenvalue weighted by Gasteiger charge is -2.14. The molecule has 102 valence electrons. The van der Waals surface area contributed by atoms with Crippen molar-refractivity contribution in [1.29, 1.82) is 0 Å². The first-order valence-corrected chi connectivity index (χ1v) is 7.96. The second-order valence-corrected chi connectivity index (χ2v) is 6.28. The summed E-state index contributed by atoms with van der Waals surface area (Å²) in [5.74, 6) is 0.922. The van der Waals surface area contributed by atoms with E-state index in [-0.39, 0.29) is 0 Å². The molecule has 0 unspecified atom stereocenters. The molecular weight excluding hydrogens is 242 g/mol. The van der Waals surface area contributed by atoms with Crippen LogP contribution in [0, 0.1) is 5.92 Å². The first kappa shape index (κ1) is 13.8. The van der Waals surface area contributed by atoms with Gasteiger partial charge in [-0.05, 0) is 38.1 Å². The van der Waals surface area contributed by atoms with Crippen molar-refractivity contribution in [3.05, 3.63) is 10.6 Å². The number of aromatic nitrogens is 1. The third-order valence-corrected chi connectivity index (χ3v) is 4.58. The molecule has 2 rings (SSSR count). The van der Waals surface area contributed by atoms with Crippen molar-refractivity contribution in [1.82, 2.24) is 10.3 Å². The Hall–Kier alpha value is -0.610. The van der Waals surface area contributed by atoms with Crippen LogP contribution in [0.15, 0.2) is 0 Å². The molecule has 3 nitrogen and oxygen atoms in total. The number of aryl methyl sites for hydroxylation is 1. The van der Waals surface area contributed by atoms with Gasteiger partial charge in [0.25, 0.3) is 0 Å². The summed E-state index contributed by atoms with van der Waals surface area (Å²) >= 11 is 1.86. The minimum atomic E-state index is 0.922. The highest BCUT2D eigenvalue weighted by molar-refractivity contribution is 7.15. The number of rotatable bonds is 8. The standard InChI is InChI=1S/C14H25N3S/c1-4-8-15-9-13-12(5-2)16-14(18-13)17(3)10-11-6-7-11/h11,15H,4-10H2,1-3H3. The van der Waals surface area contributed by atoms with Crippen molar-refractivity contribution < 1.29 is 0 Å². The maximum Gasteiger partial charge on any atom is 0.185 e. The maximum absolute atomic E-state index is 4.79. The normalized spacial score (nSPS) is 15.1. The number of thiazole rings is 1. The Balaban J connectivity index is 1.97. The molecule has 0 aromatic carbocycles. The summed E-state index contributed by atoms with van der Waals surface area (Å²) in [7, 11) is 2.18. The number of nitrogens with one attached hydrogen (secondary N) is 1. The van der Waals surface area contributed by atoms with E-state index in [9.17, 15) is 0 Å². The van der Waals surface area contributed by atoms with Gasteiger partial charge < -0.3 is 10.2 Å². The largest absolute Gasteiger partial charge is 0.351 e. The Bertz CT molecular complexity index is 371. The van der Waals surface area contributed by atoms with E-state index in [4.69, 9.17) is 4.98 Å². The van der Waals surface area contributed by atoms with E-state index in [1.165, 1.54) is 41.5 Å². The quantitative estimate of drug-likeness (QED) is 0.734. The molecule has 0 aliphatic heterocycles. The highest BCUT2D eigenvalue weighted by atomic mass is 32.1. The number of hydrogen-bond acceptors (Lipinski definition) is 4. The van der Waals surface area contributed by atoms with Crippen LogP contribution in [0.3, 0.4) is 0 Å². The summed E-state index contributed by atoms with van der Waals surface area (Å²) in [4.78, 5) is 8.55. The van der Waals surface area contributed by atoms with Crippen LogP contribution >= 0.6 is 11.3 Å². The summed E-state index contributed by atoms with van der Waals surface area (Å²) in [6.45, 7) is 7.65. The van der Waals surface area contributed by atoms with Gasteiger partial charge in [0.15, 0.2) is 5.13 Å². The fraction of sp³-hybridized carbons (Fsp3) is 0.786. The second-order valence-electron chi connectivity index (χ2n) is 5.22. The predicted octanol–water partition coefficient (Wildman–Crippen LogP) is 3.05. The zero-order chi connectivity index (χ0) is 13.0. The van der Waals surface area contributed by atoms with Gasteiger partial charge in [0.05, 0.1) is 5.69 Å². The van der Waals surface area contributed by atoms with Crippen LogP contribution in [-0.4, -0.2) is 25.1 Å². The molecule has 1 aromatic rings. The van der Waals surface area contributed by atoms with Gasteiger partial charge in [-0.25, -0.2) is 4.98 Å². The average molecular weight is 267 g/mol. The first-order valence-electron chi connectivity index (χ1n) is 7.15. The minimum Gasteiger partial charge on any atom is -0.351 e. The Morgan fingerprint density at radius 3 is 2.78 bits per heavy atom. The van der Waals surface area contributed by atoms with Gasteiger partial charge in [0.2, 0.25) is 0 Å². The Labute approximate surface area is 115 Å². The average Bonchev–Trinajstić information content (AvgIpc) is 3.07. The molecule has 0 saturated heterocycles. The first-order chi connectivity index (χ1) is 8.74. The molecule has 1 heterocycles. The van der Waals surface area contributed by atoms with Gasteiger partial charge in [-0.2, -0.15) is 0 Å². The SMILES string of the molecule is CCCNCc1sc(N(C)CC2CC2)nc1CC. The van der Waals surface area contributed by atoms with Crippen molar-refractivity contribution in [3.63, 3.8) is 0 Å². The van der Waals surface area contributed by atoms with Gasteiger partial charge >= 0.3 is 0 Å². The lowest BCUT2D eigenvalue weighted by Crippen LogP contribution is -2.19. The highest BCUT2D eigenvalue weighted by Gasteiger charge is 2.24. The molecule has 0 bridgehead atoms. The van der Waals surface area contributed by atoms with Crippen molar-refractivity contribution in [3.8, 4) is 0 Å². The fourth-order valence-corrected chi connectivity index (χ4v) is 3.18. The van der Waals surface area contributed by atoms with E-state index in [0.29, 0.717) is 0 Å². The summed E-state index contributed by atoms with van der Waals surface area (Å²) in [5, 5.41) is 4.68. The van der Waals surface area contributed by atoms with Crippen LogP contribution in [-0.2, 0) is 13.0 Å². The van der Waals surface area contributed by atoms with Gasteiger partial charge in [-0.1, -0.05) is 13.8 Å². The molecule has 1 aliphatic carbocycles. The smallest absolute Gasteiger partial charge is 0.185 e. The molecular formula is C14H25N3S.